The van der Waals surface area contributed by atoms with Gasteiger partial charge < -0.3 is 20.3 Å². The number of nitrogens with zero attached hydrogens (tertiary/aromatic N) is 1. The molecule has 9 nitrogen and oxygen atoms in total. The summed E-state index contributed by atoms with van der Waals surface area (Å²) in [5, 5.41) is 5.22. The van der Waals surface area contributed by atoms with Crippen molar-refractivity contribution in [3.63, 3.8) is 0 Å². The first-order chi connectivity index (χ1) is 17.7. The van der Waals surface area contributed by atoms with Crippen LogP contribution >= 0.6 is 11.6 Å². The fraction of sp³-hybridized carbons (Fsp3) is 0.346. The third-order valence-electron chi connectivity index (χ3n) is 5.37. The summed E-state index contributed by atoms with van der Waals surface area (Å²) in [6.45, 7) is 4.74. The Morgan fingerprint density at radius 1 is 1.24 bits per heavy atom. The van der Waals surface area contributed by atoms with Crippen LogP contribution in [0, 0.1) is 18.2 Å². The average molecular weight is 564 g/mol. The predicted molar refractivity (Wildman–Crippen MR) is 140 cm³/mol. The number of hydrogen-bond donors (Lipinski definition) is 2. The van der Waals surface area contributed by atoms with E-state index in [2.05, 4.69) is 16.6 Å². The first kappa shape index (κ1) is 28.9. The molecule has 0 saturated carbocycles. The quantitative estimate of drug-likeness (QED) is 0.410. The van der Waals surface area contributed by atoms with Crippen molar-refractivity contribution in [2.75, 3.05) is 17.2 Å². The van der Waals surface area contributed by atoms with Crippen LogP contribution < -0.4 is 15.5 Å². The lowest BCUT2D eigenvalue weighted by Gasteiger charge is -2.27. The van der Waals surface area contributed by atoms with E-state index in [1.165, 1.54) is 0 Å². The zero-order chi connectivity index (χ0) is 28.3. The maximum absolute atomic E-state index is 15.0. The van der Waals surface area contributed by atoms with Gasteiger partial charge in [0.25, 0.3) is 11.8 Å². The van der Waals surface area contributed by atoms with Crippen LogP contribution in [-0.2, 0) is 25.9 Å². The van der Waals surface area contributed by atoms with Crippen molar-refractivity contribution in [2.45, 2.75) is 50.3 Å². The van der Waals surface area contributed by atoms with Crippen molar-refractivity contribution in [3.8, 4) is 12.3 Å². The van der Waals surface area contributed by atoms with Gasteiger partial charge >= 0.3 is 6.09 Å². The van der Waals surface area contributed by atoms with Crippen LogP contribution in [0.25, 0.3) is 0 Å². The van der Waals surface area contributed by atoms with Gasteiger partial charge in [0.05, 0.1) is 28.4 Å². The molecule has 0 saturated heterocycles. The van der Waals surface area contributed by atoms with E-state index < -0.39 is 61.4 Å². The second-order valence-corrected chi connectivity index (χ2v) is 12.0. The number of carbonyl (C=O) groups excluding carboxylic acids is 3. The highest BCUT2D eigenvalue weighted by molar-refractivity contribution is 7.91. The van der Waals surface area contributed by atoms with Gasteiger partial charge in [-0.1, -0.05) is 23.7 Å². The van der Waals surface area contributed by atoms with Gasteiger partial charge in [-0.2, -0.15) is 0 Å². The second kappa shape index (κ2) is 11.4. The smallest absolute Gasteiger partial charge is 0.408 e. The largest absolute Gasteiger partial charge is 0.444 e. The second-order valence-electron chi connectivity index (χ2n) is 9.54. The van der Waals surface area contributed by atoms with Gasteiger partial charge in [-0.05, 0) is 50.6 Å². The fourth-order valence-corrected chi connectivity index (χ4v) is 5.44. The Balaban J connectivity index is 2.12. The van der Waals surface area contributed by atoms with E-state index in [0.29, 0.717) is 16.7 Å². The summed E-state index contributed by atoms with van der Waals surface area (Å²) in [4.78, 5) is 39.4. The van der Waals surface area contributed by atoms with Crippen LogP contribution in [0.5, 0.6) is 0 Å². The molecule has 0 fully saturated rings. The van der Waals surface area contributed by atoms with Crippen LogP contribution in [0.15, 0.2) is 41.3 Å². The minimum atomic E-state index is -4.32. The summed E-state index contributed by atoms with van der Waals surface area (Å²) in [5.41, 5.74) is -1.02. The van der Waals surface area contributed by atoms with Gasteiger partial charge in [0.1, 0.15) is 17.5 Å². The first-order valence-electron chi connectivity index (χ1n) is 11.5. The van der Waals surface area contributed by atoms with Crippen molar-refractivity contribution in [1.82, 2.24) is 10.6 Å². The van der Waals surface area contributed by atoms with Gasteiger partial charge in [-0.25, -0.2) is 17.6 Å². The molecule has 2 aromatic carbocycles. The third kappa shape index (κ3) is 7.02. The monoisotopic (exact) mass is 563 g/mol. The first-order valence-corrected chi connectivity index (χ1v) is 13.6. The van der Waals surface area contributed by atoms with Crippen LogP contribution in [0.2, 0.25) is 5.02 Å². The molecule has 202 valence electrons. The van der Waals surface area contributed by atoms with Crippen LogP contribution in [-0.4, -0.2) is 50.3 Å². The number of sulfone groups is 1. The van der Waals surface area contributed by atoms with Crippen molar-refractivity contribution in [2.24, 2.45) is 0 Å². The number of amides is 3. The zero-order valence-corrected chi connectivity index (χ0v) is 22.6. The molecule has 1 aliphatic heterocycles. The van der Waals surface area contributed by atoms with Crippen LogP contribution in [0.3, 0.4) is 0 Å². The number of hydrogen-bond acceptors (Lipinski definition) is 6. The average Bonchev–Trinajstić information content (AvgIpc) is 2.87. The van der Waals surface area contributed by atoms with E-state index >= 15 is 4.39 Å². The maximum atomic E-state index is 15.0. The lowest BCUT2D eigenvalue weighted by molar-refractivity contribution is -0.120. The summed E-state index contributed by atoms with van der Waals surface area (Å²) in [5.74, 6) is -1.22. The Labute approximate surface area is 225 Å². The summed E-state index contributed by atoms with van der Waals surface area (Å²) >= 11 is 5.97. The minimum Gasteiger partial charge on any atom is -0.444 e. The molecule has 38 heavy (non-hydrogen) atoms. The minimum absolute atomic E-state index is 0.0689. The van der Waals surface area contributed by atoms with E-state index in [4.69, 9.17) is 22.8 Å². The van der Waals surface area contributed by atoms with Gasteiger partial charge in [0.15, 0.2) is 9.84 Å². The van der Waals surface area contributed by atoms with Gasteiger partial charge in [0, 0.05) is 18.0 Å². The Hall–Kier alpha value is -3.62. The van der Waals surface area contributed by atoms with Gasteiger partial charge in [-0.15, -0.1) is 12.3 Å². The molecule has 0 unspecified atom stereocenters. The van der Waals surface area contributed by atoms with Crippen molar-refractivity contribution in [3.05, 3.63) is 58.4 Å². The molecule has 0 spiro atoms. The molecular formula is C26H27ClFN3O6S. The number of carbonyl (C=O) groups is 3. The van der Waals surface area contributed by atoms with Crippen LogP contribution in [0.4, 0.5) is 14.9 Å². The molecule has 1 heterocycles. The maximum Gasteiger partial charge on any atom is 0.408 e. The highest BCUT2D eigenvalue weighted by Crippen LogP contribution is 2.34. The molecule has 2 aromatic rings. The molecule has 3 amide bonds. The highest BCUT2D eigenvalue weighted by atomic mass is 35.5. The van der Waals surface area contributed by atoms with E-state index in [1.807, 2.05) is 0 Å². The zero-order valence-electron chi connectivity index (χ0n) is 21.0. The fourth-order valence-electron chi connectivity index (χ4n) is 3.70. The number of halogens is 2. The molecular weight excluding hydrogens is 537 g/mol. The number of ether oxygens (including phenoxy) is 1. The Bertz CT molecular complexity index is 1400. The van der Waals surface area contributed by atoms with Crippen molar-refractivity contribution < 1.29 is 31.9 Å². The third-order valence-corrected chi connectivity index (χ3v) is 7.39. The van der Waals surface area contributed by atoms with Crippen molar-refractivity contribution in [1.29, 1.82) is 0 Å². The lowest BCUT2D eigenvalue weighted by atomic mass is 10.1. The number of alkyl carbamates (subject to hydrolysis) is 1. The number of fused-ring (bicyclic) bond motifs is 1. The van der Waals surface area contributed by atoms with Crippen molar-refractivity contribution >= 4 is 45.0 Å². The van der Waals surface area contributed by atoms with E-state index in [9.17, 15) is 22.8 Å². The van der Waals surface area contributed by atoms with Crippen LogP contribution in [0.1, 0.15) is 43.1 Å². The Morgan fingerprint density at radius 2 is 1.89 bits per heavy atom. The SMILES string of the molecule is C#CCCNC(=O)c1cc2c(cc1F)S(=O)(=O)C[C@H](NC(=O)OC(C)(C)C)C(=O)N2Cc1ccc(Cl)cc1. The highest BCUT2D eigenvalue weighted by Gasteiger charge is 2.40. The Kier molecular flexibility index (Phi) is 8.69. The molecule has 3 rings (SSSR count). The van der Waals surface area contributed by atoms with Gasteiger partial charge in [-0.3, -0.25) is 9.59 Å². The Morgan fingerprint density at radius 3 is 2.50 bits per heavy atom. The molecule has 12 heteroatoms. The predicted octanol–water partition coefficient (Wildman–Crippen LogP) is 3.45. The molecule has 0 aliphatic carbocycles. The van der Waals surface area contributed by atoms with E-state index in [1.54, 1.807) is 45.0 Å². The summed E-state index contributed by atoms with van der Waals surface area (Å²) in [6, 6.07) is 6.59. The summed E-state index contributed by atoms with van der Waals surface area (Å²) < 4.78 is 46.9. The van der Waals surface area contributed by atoms with Gasteiger partial charge in [0.2, 0.25) is 0 Å². The molecule has 2 N–H and O–H groups in total. The molecule has 0 aromatic heterocycles. The molecule has 0 radical (unpaired) electrons. The summed E-state index contributed by atoms with van der Waals surface area (Å²) in [7, 11) is -4.32. The van der Waals surface area contributed by atoms with E-state index in [-0.39, 0.29) is 25.2 Å². The number of anilines is 1. The van der Waals surface area contributed by atoms with E-state index in [0.717, 1.165) is 11.0 Å². The summed E-state index contributed by atoms with van der Waals surface area (Å²) in [6.07, 6.45) is 4.39. The number of nitrogens with one attached hydrogen (secondary N) is 2. The number of terminal acetylenes is 1. The standard InChI is InChI=1S/C26H27ClFN3O6S/c1-5-6-11-29-23(32)18-12-21-22(13-19(18)28)38(35,36)15-20(30-25(34)37-26(2,3)4)24(33)31(21)14-16-7-9-17(27)10-8-16/h1,7-10,12-13,20H,6,11,14-15H2,2-4H3,(H,29,32)(H,30,34)/t20-/m0/s1. The number of benzene rings is 2. The molecule has 1 atom stereocenters. The lowest BCUT2D eigenvalue weighted by Crippen LogP contribution is -2.51. The normalized spacial score (nSPS) is 16.6. The molecule has 1 aliphatic rings. The number of rotatable bonds is 6. The molecule has 0 bridgehead atoms. The topological polar surface area (TPSA) is 122 Å².